The summed E-state index contributed by atoms with van der Waals surface area (Å²) in [5.41, 5.74) is 4.13. The highest BCUT2D eigenvalue weighted by molar-refractivity contribution is 5.78. The van der Waals surface area contributed by atoms with Crippen molar-refractivity contribution in [3.63, 3.8) is 0 Å². The summed E-state index contributed by atoms with van der Waals surface area (Å²) in [6.07, 6.45) is 1.15. The van der Waals surface area contributed by atoms with Crippen LogP contribution in [-0.4, -0.2) is 50.0 Å². The standard InChI is InChI=1S/C10H21N3O/c1-10(2)12-11-4-3-5-13-6-8-14-9-7-13/h11H,3-9H2,1-2H3. The molecule has 4 nitrogen and oxygen atoms in total. The lowest BCUT2D eigenvalue weighted by molar-refractivity contribution is 0.0375. The number of morpholine rings is 1. The Bertz CT molecular complexity index is 172. The number of nitrogens with one attached hydrogen (secondary N) is 1. The van der Waals surface area contributed by atoms with Gasteiger partial charge in [-0.3, -0.25) is 4.90 Å². The summed E-state index contributed by atoms with van der Waals surface area (Å²) in [5, 5.41) is 4.13. The van der Waals surface area contributed by atoms with Crippen molar-refractivity contribution in [2.24, 2.45) is 5.10 Å². The van der Waals surface area contributed by atoms with Gasteiger partial charge in [-0.2, -0.15) is 5.10 Å². The minimum atomic E-state index is 0.889. The zero-order chi connectivity index (χ0) is 10.2. The molecule has 0 bridgehead atoms. The van der Waals surface area contributed by atoms with Crippen LogP contribution in [0.4, 0.5) is 0 Å². The number of hydrazone groups is 1. The average molecular weight is 199 g/mol. The van der Waals surface area contributed by atoms with Crippen molar-refractivity contribution in [2.75, 3.05) is 39.4 Å². The van der Waals surface area contributed by atoms with Crippen LogP contribution in [0.5, 0.6) is 0 Å². The van der Waals surface area contributed by atoms with Crippen LogP contribution in [0.25, 0.3) is 0 Å². The van der Waals surface area contributed by atoms with Crippen LogP contribution < -0.4 is 5.43 Å². The van der Waals surface area contributed by atoms with Gasteiger partial charge < -0.3 is 10.2 Å². The van der Waals surface area contributed by atoms with Crippen LogP contribution in [0.2, 0.25) is 0 Å². The van der Waals surface area contributed by atoms with E-state index in [1.807, 2.05) is 13.8 Å². The van der Waals surface area contributed by atoms with Crippen LogP contribution in [0.3, 0.4) is 0 Å². The molecule has 1 aliphatic heterocycles. The summed E-state index contributed by atoms with van der Waals surface area (Å²) >= 11 is 0. The highest BCUT2D eigenvalue weighted by Gasteiger charge is 2.08. The van der Waals surface area contributed by atoms with Crippen molar-refractivity contribution >= 4 is 5.71 Å². The van der Waals surface area contributed by atoms with Gasteiger partial charge in [0.1, 0.15) is 0 Å². The fourth-order valence-electron chi connectivity index (χ4n) is 1.42. The van der Waals surface area contributed by atoms with Gasteiger partial charge in [-0.15, -0.1) is 0 Å². The molecule has 1 heterocycles. The van der Waals surface area contributed by atoms with Gasteiger partial charge in [-0.05, 0) is 20.3 Å². The van der Waals surface area contributed by atoms with Crippen LogP contribution in [0.1, 0.15) is 20.3 Å². The lowest BCUT2D eigenvalue weighted by atomic mass is 10.3. The predicted molar refractivity (Wildman–Crippen MR) is 58.7 cm³/mol. The molecule has 1 rings (SSSR count). The predicted octanol–water partition coefficient (Wildman–Crippen LogP) is 0.694. The molecule has 1 saturated heterocycles. The quantitative estimate of drug-likeness (QED) is 0.402. The number of hydrogen-bond donors (Lipinski definition) is 1. The van der Waals surface area contributed by atoms with Crippen LogP contribution >= 0.6 is 0 Å². The highest BCUT2D eigenvalue weighted by atomic mass is 16.5. The lowest BCUT2D eigenvalue weighted by Crippen LogP contribution is -2.37. The SMILES string of the molecule is CC(C)=NNCCCN1CCOCC1. The molecule has 0 spiro atoms. The third kappa shape index (κ3) is 5.19. The molecule has 0 unspecified atom stereocenters. The molecule has 0 aromatic heterocycles. The van der Waals surface area contributed by atoms with E-state index in [1.165, 1.54) is 0 Å². The van der Waals surface area contributed by atoms with Crippen molar-refractivity contribution in [1.29, 1.82) is 0 Å². The van der Waals surface area contributed by atoms with E-state index in [9.17, 15) is 0 Å². The van der Waals surface area contributed by atoms with Crippen molar-refractivity contribution in [1.82, 2.24) is 10.3 Å². The maximum Gasteiger partial charge on any atom is 0.0594 e. The zero-order valence-electron chi connectivity index (χ0n) is 9.25. The minimum Gasteiger partial charge on any atom is -0.379 e. The first-order valence-electron chi connectivity index (χ1n) is 5.33. The number of rotatable bonds is 5. The van der Waals surface area contributed by atoms with Gasteiger partial charge in [0.15, 0.2) is 0 Å². The first kappa shape index (κ1) is 11.5. The third-order valence-corrected chi connectivity index (χ3v) is 2.17. The second-order valence-electron chi connectivity index (χ2n) is 3.77. The van der Waals surface area contributed by atoms with Crippen molar-refractivity contribution in [2.45, 2.75) is 20.3 Å². The van der Waals surface area contributed by atoms with Gasteiger partial charge in [0.25, 0.3) is 0 Å². The molecule has 0 aromatic rings. The maximum atomic E-state index is 5.28. The van der Waals surface area contributed by atoms with Crippen molar-refractivity contribution in [3.8, 4) is 0 Å². The Balaban J connectivity index is 1.95. The van der Waals surface area contributed by atoms with E-state index in [0.717, 1.165) is 51.5 Å². The number of ether oxygens (including phenoxy) is 1. The Labute approximate surface area is 86.3 Å². The summed E-state index contributed by atoms with van der Waals surface area (Å²) in [4.78, 5) is 2.44. The summed E-state index contributed by atoms with van der Waals surface area (Å²) in [7, 11) is 0. The van der Waals surface area contributed by atoms with Gasteiger partial charge in [0.2, 0.25) is 0 Å². The molecule has 1 N–H and O–H groups in total. The fourth-order valence-corrected chi connectivity index (χ4v) is 1.42. The van der Waals surface area contributed by atoms with E-state index in [-0.39, 0.29) is 0 Å². The summed E-state index contributed by atoms with van der Waals surface area (Å²) in [6, 6.07) is 0. The Morgan fingerprint density at radius 1 is 1.36 bits per heavy atom. The molecule has 0 aliphatic carbocycles. The molecule has 0 atom stereocenters. The molecular weight excluding hydrogens is 178 g/mol. The van der Waals surface area contributed by atoms with E-state index in [1.54, 1.807) is 0 Å². The Kier molecular flexibility index (Phi) is 5.56. The molecule has 0 amide bonds. The van der Waals surface area contributed by atoms with Crippen molar-refractivity contribution < 1.29 is 4.74 Å². The van der Waals surface area contributed by atoms with Crippen molar-refractivity contribution in [3.05, 3.63) is 0 Å². The average Bonchev–Trinajstić information content (AvgIpc) is 2.18. The molecule has 4 heteroatoms. The molecular formula is C10H21N3O. The summed E-state index contributed by atoms with van der Waals surface area (Å²) in [5.74, 6) is 0. The Morgan fingerprint density at radius 3 is 2.71 bits per heavy atom. The second-order valence-corrected chi connectivity index (χ2v) is 3.77. The smallest absolute Gasteiger partial charge is 0.0594 e. The highest BCUT2D eigenvalue weighted by Crippen LogP contribution is 1.97. The monoisotopic (exact) mass is 199 g/mol. The number of nitrogens with zero attached hydrogens (tertiary/aromatic N) is 2. The fraction of sp³-hybridized carbons (Fsp3) is 0.900. The van der Waals surface area contributed by atoms with E-state index in [4.69, 9.17) is 4.74 Å². The molecule has 0 radical (unpaired) electrons. The topological polar surface area (TPSA) is 36.9 Å². The van der Waals surface area contributed by atoms with E-state index >= 15 is 0 Å². The zero-order valence-corrected chi connectivity index (χ0v) is 9.25. The van der Waals surface area contributed by atoms with Gasteiger partial charge in [0, 0.05) is 31.9 Å². The number of hydrogen-bond acceptors (Lipinski definition) is 4. The molecule has 0 saturated carbocycles. The molecule has 1 aliphatic rings. The Hall–Kier alpha value is -0.610. The van der Waals surface area contributed by atoms with Crippen LogP contribution in [0, 0.1) is 0 Å². The molecule has 0 aromatic carbocycles. The maximum absolute atomic E-state index is 5.28. The molecule has 82 valence electrons. The van der Waals surface area contributed by atoms with E-state index in [2.05, 4.69) is 15.4 Å². The van der Waals surface area contributed by atoms with Gasteiger partial charge >= 0.3 is 0 Å². The largest absolute Gasteiger partial charge is 0.379 e. The Morgan fingerprint density at radius 2 is 2.07 bits per heavy atom. The summed E-state index contributed by atoms with van der Waals surface area (Å²) in [6.45, 7) is 10.0. The third-order valence-electron chi connectivity index (χ3n) is 2.17. The summed E-state index contributed by atoms with van der Waals surface area (Å²) < 4.78 is 5.28. The minimum absolute atomic E-state index is 0.889. The van der Waals surface area contributed by atoms with Gasteiger partial charge in [-0.1, -0.05) is 0 Å². The van der Waals surface area contributed by atoms with Crippen LogP contribution in [-0.2, 0) is 4.74 Å². The van der Waals surface area contributed by atoms with Crippen LogP contribution in [0.15, 0.2) is 5.10 Å². The van der Waals surface area contributed by atoms with E-state index in [0.29, 0.717) is 0 Å². The van der Waals surface area contributed by atoms with Gasteiger partial charge in [-0.25, -0.2) is 0 Å². The molecule has 1 fully saturated rings. The first-order valence-corrected chi connectivity index (χ1v) is 5.33. The lowest BCUT2D eigenvalue weighted by Gasteiger charge is -2.26. The van der Waals surface area contributed by atoms with E-state index < -0.39 is 0 Å². The van der Waals surface area contributed by atoms with Gasteiger partial charge in [0.05, 0.1) is 13.2 Å². The first-order chi connectivity index (χ1) is 6.79. The second kappa shape index (κ2) is 6.79. The molecule has 14 heavy (non-hydrogen) atoms. The normalized spacial score (nSPS) is 17.9.